The van der Waals surface area contributed by atoms with Gasteiger partial charge in [0.2, 0.25) is 5.91 Å². The van der Waals surface area contributed by atoms with Crippen LogP contribution in [0, 0.1) is 13.8 Å². The Labute approximate surface area is 174 Å². The molecule has 162 valence electrons. The third-order valence-corrected chi connectivity index (χ3v) is 5.54. The molecule has 0 aromatic carbocycles. The number of aromatic nitrogens is 5. The molecule has 1 aliphatic rings. The highest BCUT2D eigenvalue weighted by molar-refractivity contribution is 6.00. The van der Waals surface area contributed by atoms with Gasteiger partial charge in [0, 0.05) is 19.3 Å². The molecule has 2 N–H and O–H groups in total. The molecule has 2 aromatic heterocycles. The van der Waals surface area contributed by atoms with Gasteiger partial charge in [-0.3, -0.25) is 14.3 Å². The number of carbonyl (C=O) groups excluding carboxylic acids is 3. The zero-order valence-electron chi connectivity index (χ0n) is 17.7. The van der Waals surface area contributed by atoms with E-state index in [1.165, 1.54) is 18.0 Å². The molecule has 0 unspecified atom stereocenters. The molecule has 0 saturated heterocycles. The molecule has 1 aliphatic carbocycles. The van der Waals surface area contributed by atoms with Gasteiger partial charge in [-0.05, 0) is 26.7 Å². The van der Waals surface area contributed by atoms with Crippen molar-refractivity contribution < 1.29 is 19.1 Å². The number of amides is 2. The Hall–Kier alpha value is -3.24. The number of ether oxygens (including phenoxy) is 1. The molecule has 30 heavy (non-hydrogen) atoms. The molecule has 0 atom stereocenters. The summed E-state index contributed by atoms with van der Waals surface area (Å²) in [5, 5.41) is 17.7. The summed E-state index contributed by atoms with van der Waals surface area (Å²) in [6.45, 7) is 4.23. The van der Waals surface area contributed by atoms with Crippen molar-refractivity contribution >= 4 is 17.8 Å². The van der Waals surface area contributed by atoms with Crippen molar-refractivity contribution in [2.45, 2.75) is 51.6 Å². The first-order valence-electron chi connectivity index (χ1n) is 9.87. The molecular weight excluding hydrogens is 390 g/mol. The van der Waals surface area contributed by atoms with Crippen molar-refractivity contribution in [3.8, 4) is 0 Å². The predicted molar refractivity (Wildman–Crippen MR) is 106 cm³/mol. The first kappa shape index (κ1) is 21.5. The quantitative estimate of drug-likeness (QED) is 0.618. The maximum atomic E-state index is 13.0. The van der Waals surface area contributed by atoms with Crippen LogP contribution in [0.15, 0.2) is 6.20 Å². The van der Waals surface area contributed by atoms with E-state index in [0.717, 1.165) is 18.5 Å². The number of aryl methyl sites for hydroxylation is 2. The van der Waals surface area contributed by atoms with Crippen LogP contribution in [0.2, 0.25) is 0 Å². The van der Waals surface area contributed by atoms with E-state index in [2.05, 4.69) is 30.8 Å². The minimum Gasteiger partial charge on any atom is -0.464 e. The second kappa shape index (κ2) is 8.64. The summed E-state index contributed by atoms with van der Waals surface area (Å²) >= 11 is 0. The standard InChI is InChI=1S/C19H27N7O4/c1-12-15(13(2)25(3)23-12)16(27)21-19(7-5-6-8-19)18(29)20-9-10-26-11-14(22-24-26)17(28)30-4/h11H,5-10H2,1-4H3,(H,20,29)(H,21,27). The van der Waals surface area contributed by atoms with Crippen molar-refractivity contribution in [2.24, 2.45) is 7.05 Å². The van der Waals surface area contributed by atoms with E-state index >= 15 is 0 Å². The van der Waals surface area contributed by atoms with Crippen LogP contribution in [0.3, 0.4) is 0 Å². The van der Waals surface area contributed by atoms with E-state index in [9.17, 15) is 14.4 Å². The van der Waals surface area contributed by atoms with Crippen molar-refractivity contribution in [2.75, 3.05) is 13.7 Å². The molecule has 2 amide bonds. The largest absolute Gasteiger partial charge is 0.464 e. The summed E-state index contributed by atoms with van der Waals surface area (Å²) in [5.41, 5.74) is 1.06. The monoisotopic (exact) mass is 417 g/mol. The third kappa shape index (κ3) is 4.19. The molecule has 2 aromatic rings. The lowest BCUT2D eigenvalue weighted by Gasteiger charge is -2.29. The summed E-state index contributed by atoms with van der Waals surface area (Å²) in [6, 6.07) is 0. The van der Waals surface area contributed by atoms with Gasteiger partial charge in [-0.2, -0.15) is 5.10 Å². The first-order chi connectivity index (χ1) is 14.3. The minimum absolute atomic E-state index is 0.102. The zero-order chi connectivity index (χ0) is 21.9. The number of esters is 1. The van der Waals surface area contributed by atoms with E-state index < -0.39 is 11.5 Å². The van der Waals surface area contributed by atoms with Crippen LogP contribution in [0.1, 0.15) is 57.9 Å². The molecule has 0 radical (unpaired) electrons. The molecular formula is C19H27N7O4. The highest BCUT2D eigenvalue weighted by Crippen LogP contribution is 2.30. The SMILES string of the molecule is COC(=O)c1cn(CCNC(=O)C2(NC(=O)c3c(C)nn(C)c3C)CCCC2)nn1. The van der Waals surface area contributed by atoms with Crippen LogP contribution in [0.5, 0.6) is 0 Å². The van der Waals surface area contributed by atoms with E-state index in [4.69, 9.17) is 0 Å². The lowest BCUT2D eigenvalue weighted by Crippen LogP contribution is -2.57. The van der Waals surface area contributed by atoms with Crippen LogP contribution in [0.25, 0.3) is 0 Å². The number of hydrogen-bond donors (Lipinski definition) is 2. The van der Waals surface area contributed by atoms with Crippen LogP contribution in [-0.2, 0) is 23.1 Å². The third-order valence-electron chi connectivity index (χ3n) is 5.54. The van der Waals surface area contributed by atoms with Crippen LogP contribution in [-0.4, -0.2) is 61.8 Å². The van der Waals surface area contributed by atoms with E-state index in [1.807, 2.05) is 6.92 Å². The number of rotatable bonds is 7. The summed E-state index contributed by atoms with van der Waals surface area (Å²) in [4.78, 5) is 37.4. The molecule has 1 fully saturated rings. The Kier molecular flexibility index (Phi) is 6.18. The molecule has 0 bridgehead atoms. The Morgan fingerprint density at radius 1 is 1.23 bits per heavy atom. The van der Waals surface area contributed by atoms with Crippen molar-refractivity contribution in [1.29, 1.82) is 0 Å². The Bertz CT molecular complexity index is 956. The highest BCUT2D eigenvalue weighted by Gasteiger charge is 2.43. The Morgan fingerprint density at radius 3 is 2.53 bits per heavy atom. The number of hydrogen-bond acceptors (Lipinski definition) is 7. The van der Waals surface area contributed by atoms with Gasteiger partial charge in [0.25, 0.3) is 5.91 Å². The van der Waals surface area contributed by atoms with E-state index in [1.54, 1.807) is 18.7 Å². The normalized spacial score (nSPS) is 15.1. The van der Waals surface area contributed by atoms with Crippen LogP contribution >= 0.6 is 0 Å². The molecule has 2 heterocycles. The first-order valence-corrected chi connectivity index (χ1v) is 9.87. The molecule has 3 rings (SSSR count). The second-order valence-electron chi connectivity index (χ2n) is 7.53. The number of methoxy groups -OCH3 is 1. The minimum atomic E-state index is -0.939. The van der Waals surface area contributed by atoms with Gasteiger partial charge in [-0.25, -0.2) is 9.48 Å². The maximum absolute atomic E-state index is 13.0. The van der Waals surface area contributed by atoms with Gasteiger partial charge in [-0.1, -0.05) is 18.1 Å². The van der Waals surface area contributed by atoms with Gasteiger partial charge in [0.15, 0.2) is 5.69 Å². The van der Waals surface area contributed by atoms with Crippen molar-refractivity contribution in [1.82, 2.24) is 35.4 Å². The van der Waals surface area contributed by atoms with Gasteiger partial charge >= 0.3 is 5.97 Å². The number of nitrogens with one attached hydrogen (secondary N) is 2. The fourth-order valence-corrected chi connectivity index (χ4v) is 3.83. The molecule has 1 saturated carbocycles. The summed E-state index contributed by atoms with van der Waals surface area (Å²) in [5.74, 6) is -1.08. The van der Waals surface area contributed by atoms with Crippen LogP contribution < -0.4 is 10.6 Å². The van der Waals surface area contributed by atoms with Crippen molar-refractivity contribution in [3.63, 3.8) is 0 Å². The number of nitrogens with zero attached hydrogens (tertiary/aromatic N) is 5. The fourth-order valence-electron chi connectivity index (χ4n) is 3.83. The van der Waals surface area contributed by atoms with Crippen LogP contribution in [0.4, 0.5) is 0 Å². The Balaban J connectivity index is 1.63. The predicted octanol–water partition coefficient (Wildman–Crippen LogP) is 0.274. The molecule has 11 nitrogen and oxygen atoms in total. The Morgan fingerprint density at radius 2 is 1.93 bits per heavy atom. The smallest absolute Gasteiger partial charge is 0.360 e. The van der Waals surface area contributed by atoms with Gasteiger partial charge < -0.3 is 15.4 Å². The fraction of sp³-hybridized carbons (Fsp3) is 0.579. The lowest BCUT2D eigenvalue weighted by atomic mass is 9.95. The molecule has 11 heteroatoms. The second-order valence-corrected chi connectivity index (χ2v) is 7.53. The average molecular weight is 417 g/mol. The van der Waals surface area contributed by atoms with Crippen molar-refractivity contribution in [3.05, 3.63) is 28.8 Å². The van der Waals surface area contributed by atoms with E-state index in [-0.39, 0.29) is 24.1 Å². The zero-order valence-corrected chi connectivity index (χ0v) is 17.7. The lowest BCUT2D eigenvalue weighted by molar-refractivity contribution is -0.127. The molecule has 0 aliphatic heterocycles. The number of carbonyl (C=O) groups is 3. The highest BCUT2D eigenvalue weighted by atomic mass is 16.5. The van der Waals surface area contributed by atoms with Gasteiger partial charge in [0.1, 0.15) is 5.54 Å². The molecule has 0 spiro atoms. The average Bonchev–Trinajstić information content (AvgIpc) is 3.42. The van der Waals surface area contributed by atoms with Gasteiger partial charge in [-0.15, -0.1) is 5.10 Å². The topological polar surface area (TPSA) is 133 Å². The maximum Gasteiger partial charge on any atom is 0.360 e. The van der Waals surface area contributed by atoms with E-state index in [0.29, 0.717) is 30.6 Å². The summed E-state index contributed by atoms with van der Waals surface area (Å²) in [6.07, 6.45) is 4.35. The van der Waals surface area contributed by atoms with Gasteiger partial charge in [0.05, 0.1) is 31.1 Å². The summed E-state index contributed by atoms with van der Waals surface area (Å²) in [7, 11) is 3.05. The summed E-state index contributed by atoms with van der Waals surface area (Å²) < 4.78 is 7.71.